The predicted molar refractivity (Wildman–Crippen MR) is 89.9 cm³/mol. The molecule has 1 unspecified atom stereocenters. The van der Waals surface area contributed by atoms with Crippen LogP contribution in [-0.4, -0.2) is 32.0 Å². The Labute approximate surface area is 144 Å². The first kappa shape index (κ1) is 18.5. The molecule has 0 aliphatic carbocycles. The Balaban J connectivity index is 1.73. The summed E-state index contributed by atoms with van der Waals surface area (Å²) in [6.45, 7) is 0.666. The molecule has 2 aromatic carbocycles. The lowest BCUT2D eigenvalue weighted by Crippen LogP contribution is -3.08. The normalized spacial score (nSPS) is 11.6. The van der Waals surface area contributed by atoms with Gasteiger partial charge in [0.1, 0.15) is 6.54 Å². The van der Waals surface area contributed by atoms with Crippen LogP contribution in [0.3, 0.4) is 0 Å². The van der Waals surface area contributed by atoms with E-state index in [1.807, 2.05) is 37.4 Å². The summed E-state index contributed by atoms with van der Waals surface area (Å²) in [6, 6.07) is 12.8. The number of carbonyl (C=O) groups excluding carboxylic acids is 2. The van der Waals surface area contributed by atoms with Crippen LogP contribution in [0.2, 0.25) is 0 Å². The van der Waals surface area contributed by atoms with Crippen molar-refractivity contribution in [2.24, 2.45) is 0 Å². The van der Waals surface area contributed by atoms with Crippen molar-refractivity contribution in [2.75, 3.05) is 25.5 Å². The summed E-state index contributed by atoms with van der Waals surface area (Å²) in [4.78, 5) is 24.6. The molecule has 2 amide bonds. The molecule has 7 heteroatoms. The van der Waals surface area contributed by atoms with Crippen LogP contribution in [-0.2, 0) is 16.1 Å². The van der Waals surface area contributed by atoms with E-state index < -0.39 is 17.5 Å². The average molecular weight is 348 g/mol. The molecule has 0 aliphatic rings. The number of hydrogen-bond donors (Lipinski definition) is 3. The molecule has 1 atom stereocenters. The summed E-state index contributed by atoms with van der Waals surface area (Å²) >= 11 is 0. The second-order valence-electron chi connectivity index (χ2n) is 5.75. The van der Waals surface area contributed by atoms with Crippen molar-refractivity contribution in [1.29, 1.82) is 0 Å². The molecule has 0 saturated carbocycles. The van der Waals surface area contributed by atoms with Crippen molar-refractivity contribution < 1.29 is 23.3 Å². The maximum Gasteiger partial charge on any atom is 0.275 e. The van der Waals surface area contributed by atoms with Gasteiger partial charge in [0.2, 0.25) is 5.91 Å². The SMILES string of the molecule is C[NH+](CC(=O)NCC(=O)Nc1ccc(F)c(F)c1)Cc1ccccc1. The highest BCUT2D eigenvalue weighted by molar-refractivity contribution is 5.94. The van der Waals surface area contributed by atoms with Gasteiger partial charge in [0.15, 0.2) is 18.2 Å². The molecular formula is C18H20F2N3O2+. The first-order chi connectivity index (χ1) is 11.9. The fraction of sp³-hybridized carbons (Fsp3) is 0.222. The summed E-state index contributed by atoms with van der Waals surface area (Å²) < 4.78 is 25.9. The largest absolute Gasteiger partial charge is 0.342 e. The number of rotatable bonds is 7. The van der Waals surface area contributed by atoms with E-state index in [9.17, 15) is 18.4 Å². The van der Waals surface area contributed by atoms with Gasteiger partial charge in [-0.05, 0) is 12.1 Å². The molecule has 0 bridgehead atoms. The second kappa shape index (κ2) is 8.89. The second-order valence-corrected chi connectivity index (χ2v) is 5.75. The van der Waals surface area contributed by atoms with Gasteiger partial charge in [-0.25, -0.2) is 8.78 Å². The molecule has 0 aliphatic heterocycles. The standard InChI is InChI=1S/C18H19F2N3O2/c1-23(11-13-5-3-2-4-6-13)12-18(25)21-10-17(24)22-14-7-8-15(19)16(20)9-14/h2-9H,10-12H2,1H3,(H,21,25)(H,22,24)/p+1. The topological polar surface area (TPSA) is 62.6 Å². The van der Waals surface area contributed by atoms with Crippen LogP contribution >= 0.6 is 0 Å². The number of amides is 2. The molecule has 0 fully saturated rings. The molecule has 5 nitrogen and oxygen atoms in total. The van der Waals surface area contributed by atoms with Gasteiger partial charge in [-0.15, -0.1) is 0 Å². The van der Waals surface area contributed by atoms with Crippen molar-refractivity contribution in [3.63, 3.8) is 0 Å². The van der Waals surface area contributed by atoms with Crippen LogP contribution in [0.5, 0.6) is 0 Å². The van der Waals surface area contributed by atoms with E-state index in [0.717, 1.165) is 22.6 Å². The smallest absolute Gasteiger partial charge is 0.275 e. The number of anilines is 1. The quantitative estimate of drug-likeness (QED) is 0.691. The zero-order valence-corrected chi connectivity index (χ0v) is 13.8. The lowest BCUT2D eigenvalue weighted by Gasteiger charge is -2.14. The third-order valence-corrected chi connectivity index (χ3v) is 3.46. The monoisotopic (exact) mass is 348 g/mol. The molecule has 2 rings (SSSR count). The van der Waals surface area contributed by atoms with Gasteiger partial charge in [-0.1, -0.05) is 30.3 Å². The van der Waals surface area contributed by atoms with Gasteiger partial charge in [-0.2, -0.15) is 0 Å². The Bertz CT molecular complexity index is 738. The number of hydrogen-bond acceptors (Lipinski definition) is 2. The number of nitrogens with one attached hydrogen (secondary N) is 3. The summed E-state index contributed by atoms with van der Waals surface area (Å²) in [5, 5.41) is 4.90. The fourth-order valence-corrected chi connectivity index (χ4v) is 2.30. The van der Waals surface area contributed by atoms with Gasteiger partial charge in [0.25, 0.3) is 5.91 Å². The highest BCUT2D eigenvalue weighted by Gasteiger charge is 2.12. The van der Waals surface area contributed by atoms with E-state index in [2.05, 4.69) is 10.6 Å². The van der Waals surface area contributed by atoms with E-state index >= 15 is 0 Å². The Hall–Kier alpha value is -2.80. The van der Waals surface area contributed by atoms with Crippen LogP contribution in [0.15, 0.2) is 48.5 Å². The summed E-state index contributed by atoms with van der Waals surface area (Å²) in [5.41, 5.74) is 1.24. The van der Waals surface area contributed by atoms with E-state index in [-0.39, 0.29) is 24.7 Å². The van der Waals surface area contributed by atoms with Gasteiger partial charge in [0.05, 0.1) is 13.6 Å². The molecule has 2 aromatic rings. The van der Waals surface area contributed by atoms with Gasteiger partial charge < -0.3 is 15.5 Å². The van der Waals surface area contributed by atoms with Crippen molar-refractivity contribution >= 4 is 17.5 Å². The predicted octanol–water partition coefficient (Wildman–Crippen LogP) is 0.734. The molecule has 3 N–H and O–H groups in total. The summed E-state index contributed by atoms with van der Waals surface area (Å²) in [7, 11) is 1.88. The first-order valence-corrected chi connectivity index (χ1v) is 7.81. The van der Waals surface area contributed by atoms with Crippen molar-refractivity contribution in [2.45, 2.75) is 6.54 Å². The molecule has 0 saturated heterocycles. The van der Waals surface area contributed by atoms with Crippen LogP contribution < -0.4 is 15.5 Å². The minimum absolute atomic E-state index is 0.130. The minimum Gasteiger partial charge on any atom is -0.342 e. The summed E-state index contributed by atoms with van der Waals surface area (Å²) in [6.07, 6.45) is 0. The zero-order chi connectivity index (χ0) is 18.2. The Morgan fingerprint density at radius 3 is 2.40 bits per heavy atom. The zero-order valence-electron chi connectivity index (χ0n) is 13.8. The molecule has 0 radical (unpaired) electrons. The van der Waals surface area contributed by atoms with E-state index in [1.165, 1.54) is 6.07 Å². The van der Waals surface area contributed by atoms with E-state index in [1.54, 1.807) is 0 Å². The lowest BCUT2D eigenvalue weighted by molar-refractivity contribution is -0.885. The van der Waals surface area contributed by atoms with Crippen molar-refractivity contribution in [3.8, 4) is 0 Å². The maximum atomic E-state index is 13.1. The van der Waals surface area contributed by atoms with Crippen molar-refractivity contribution in [3.05, 3.63) is 65.7 Å². The highest BCUT2D eigenvalue weighted by atomic mass is 19.2. The van der Waals surface area contributed by atoms with Crippen LogP contribution in [0.1, 0.15) is 5.56 Å². The molecule has 0 spiro atoms. The van der Waals surface area contributed by atoms with Gasteiger partial charge in [0, 0.05) is 17.3 Å². The Morgan fingerprint density at radius 2 is 1.72 bits per heavy atom. The Morgan fingerprint density at radius 1 is 1.00 bits per heavy atom. The molecule has 132 valence electrons. The van der Waals surface area contributed by atoms with E-state index in [4.69, 9.17) is 0 Å². The van der Waals surface area contributed by atoms with Crippen molar-refractivity contribution in [1.82, 2.24) is 5.32 Å². The molecular weight excluding hydrogens is 328 g/mol. The Kier molecular flexibility index (Phi) is 6.59. The number of likely N-dealkylation sites (N-methyl/N-ethyl adjacent to an activating group) is 1. The number of quaternary nitrogens is 1. The van der Waals surface area contributed by atoms with Crippen LogP contribution in [0.25, 0.3) is 0 Å². The lowest BCUT2D eigenvalue weighted by atomic mass is 10.2. The van der Waals surface area contributed by atoms with Gasteiger partial charge in [-0.3, -0.25) is 9.59 Å². The number of halogens is 2. The molecule has 0 heterocycles. The minimum atomic E-state index is -1.05. The summed E-state index contributed by atoms with van der Waals surface area (Å²) in [5.74, 6) is -2.82. The maximum absolute atomic E-state index is 13.1. The third-order valence-electron chi connectivity index (χ3n) is 3.46. The van der Waals surface area contributed by atoms with Crippen LogP contribution in [0.4, 0.5) is 14.5 Å². The molecule has 0 aromatic heterocycles. The number of carbonyl (C=O) groups is 2. The third kappa shape index (κ3) is 6.31. The number of benzene rings is 2. The van der Waals surface area contributed by atoms with Crippen LogP contribution in [0, 0.1) is 11.6 Å². The highest BCUT2D eigenvalue weighted by Crippen LogP contribution is 2.12. The van der Waals surface area contributed by atoms with E-state index in [0.29, 0.717) is 6.54 Å². The average Bonchev–Trinajstić information content (AvgIpc) is 2.57. The van der Waals surface area contributed by atoms with Gasteiger partial charge >= 0.3 is 0 Å². The fourth-order valence-electron chi connectivity index (χ4n) is 2.30. The molecule has 25 heavy (non-hydrogen) atoms. The first-order valence-electron chi connectivity index (χ1n) is 7.81.